The molecule has 0 atom stereocenters. The molecule has 0 radical (unpaired) electrons. The number of aromatic nitrogens is 1. The Morgan fingerprint density at radius 1 is 0.918 bits per heavy atom. The summed E-state index contributed by atoms with van der Waals surface area (Å²) < 4.78 is 109. The Morgan fingerprint density at radius 3 is 1.94 bits per heavy atom. The first-order valence-electron chi connectivity index (χ1n) is 15.0. The normalized spacial score (nSPS) is 12.4. The number of sulfonamides is 1. The number of hydrogen-bond donors (Lipinski definition) is 0. The molecule has 0 bridgehead atoms. The molecule has 0 fully saturated rings. The van der Waals surface area contributed by atoms with Crippen LogP contribution in [0.2, 0.25) is 18.1 Å². The molecule has 17 heteroatoms. The third kappa shape index (κ3) is 9.02. The second-order valence-electron chi connectivity index (χ2n) is 11.0. The van der Waals surface area contributed by atoms with Crippen LogP contribution in [0.3, 0.4) is 0 Å². The topological polar surface area (TPSA) is 146 Å². The van der Waals surface area contributed by atoms with Gasteiger partial charge in [0.2, 0.25) is 10.0 Å². The number of pyridine rings is 1. The van der Waals surface area contributed by atoms with Crippen LogP contribution in [0.5, 0.6) is 5.75 Å². The Balaban J connectivity index is 2.82. The lowest BCUT2D eigenvalue weighted by Gasteiger charge is -2.31. The SMILES string of the molecule is C#CCC(CC#CCN(Cc1nccc([Si](CC)(CC)CC)c1OS(=O)(=O)C(F)(F)F)S(=O)(=O)c1ccc(C)cc1)(C(=O)OC)C(=O)OC. The van der Waals surface area contributed by atoms with Crippen molar-refractivity contribution in [3.05, 3.63) is 47.8 Å². The number of aryl methyl sites for hydroxylation is 1. The zero-order valence-electron chi connectivity index (χ0n) is 28.0. The number of carbonyl (C=O) groups excluding carboxylic acids is 2. The van der Waals surface area contributed by atoms with E-state index in [1.54, 1.807) is 6.92 Å². The molecule has 0 unspecified atom stereocenters. The largest absolute Gasteiger partial charge is 0.534 e. The van der Waals surface area contributed by atoms with E-state index in [9.17, 15) is 39.6 Å². The van der Waals surface area contributed by atoms with Crippen molar-refractivity contribution in [1.82, 2.24) is 9.29 Å². The summed E-state index contributed by atoms with van der Waals surface area (Å²) in [6, 6.07) is 8.66. The third-order valence-corrected chi connectivity index (χ3v) is 16.7. The fraction of sp³-hybridized carbons (Fsp3) is 0.469. The molecule has 1 aromatic carbocycles. The summed E-state index contributed by atoms with van der Waals surface area (Å²) in [5.74, 6) is 4.65. The van der Waals surface area contributed by atoms with E-state index in [1.165, 1.54) is 36.5 Å². The summed E-state index contributed by atoms with van der Waals surface area (Å²) in [5.41, 5.74) is -7.46. The van der Waals surface area contributed by atoms with Crippen molar-refractivity contribution >= 4 is 45.3 Å². The molecule has 0 aliphatic carbocycles. The Hall–Kier alpha value is -3.90. The molecule has 0 spiro atoms. The quantitative estimate of drug-likeness (QED) is 0.0647. The summed E-state index contributed by atoms with van der Waals surface area (Å²) in [6.45, 7) is 5.86. The highest BCUT2D eigenvalue weighted by Crippen LogP contribution is 2.33. The van der Waals surface area contributed by atoms with Crippen molar-refractivity contribution in [3.8, 4) is 29.9 Å². The third-order valence-electron chi connectivity index (χ3n) is 8.37. The average molecular weight is 745 g/mol. The minimum absolute atomic E-state index is 0.202. The number of halogens is 3. The van der Waals surface area contributed by atoms with Gasteiger partial charge in [-0.3, -0.25) is 14.6 Å². The summed E-state index contributed by atoms with van der Waals surface area (Å²) >= 11 is 0. The van der Waals surface area contributed by atoms with Crippen LogP contribution in [0.4, 0.5) is 13.2 Å². The number of benzene rings is 1. The lowest BCUT2D eigenvalue weighted by atomic mass is 9.81. The average Bonchev–Trinajstić information content (AvgIpc) is 3.06. The number of nitrogens with zero attached hydrogens (tertiary/aromatic N) is 2. The van der Waals surface area contributed by atoms with Crippen molar-refractivity contribution in [1.29, 1.82) is 0 Å². The summed E-state index contributed by atoms with van der Waals surface area (Å²) in [7, 11) is -11.3. The van der Waals surface area contributed by atoms with Gasteiger partial charge in [-0.15, -0.1) is 18.3 Å². The van der Waals surface area contributed by atoms with Crippen LogP contribution in [-0.4, -0.2) is 72.4 Å². The van der Waals surface area contributed by atoms with Crippen LogP contribution in [0, 0.1) is 36.5 Å². The number of hydrogen-bond acceptors (Lipinski definition) is 10. The van der Waals surface area contributed by atoms with Crippen LogP contribution in [-0.2, 0) is 45.7 Å². The van der Waals surface area contributed by atoms with E-state index in [4.69, 9.17) is 20.1 Å². The van der Waals surface area contributed by atoms with Gasteiger partial charge in [-0.25, -0.2) is 8.42 Å². The number of terminal acetylenes is 1. The van der Waals surface area contributed by atoms with Gasteiger partial charge in [0.15, 0.2) is 11.2 Å². The number of rotatable bonds is 15. The monoisotopic (exact) mass is 744 g/mol. The second kappa shape index (κ2) is 16.7. The molecule has 1 aromatic heterocycles. The molecule has 268 valence electrons. The van der Waals surface area contributed by atoms with Crippen LogP contribution in [0.15, 0.2) is 41.4 Å². The van der Waals surface area contributed by atoms with E-state index >= 15 is 0 Å². The molecule has 0 saturated heterocycles. The van der Waals surface area contributed by atoms with E-state index in [0.29, 0.717) is 18.1 Å². The molecule has 49 heavy (non-hydrogen) atoms. The van der Waals surface area contributed by atoms with Crippen molar-refractivity contribution in [2.75, 3.05) is 20.8 Å². The van der Waals surface area contributed by atoms with Crippen LogP contribution in [0.1, 0.15) is 44.9 Å². The Kier molecular flexibility index (Phi) is 14.0. The van der Waals surface area contributed by atoms with Crippen molar-refractivity contribution < 1.29 is 53.3 Å². The predicted octanol–water partition coefficient (Wildman–Crippen LogP) is 4.27. The molecule has 2 aromatic rings. The summed E-state index contributed by atoms with van der Waals surface area (Å²) in [5, 5.41) is 0.242. The van der Waals surface area contributed by atoms with Crippen LogP contribution >= 0.6 is 0 Å². The predicted molar refractivity (Wildman–Crippen MR) is 178 cm³/mol. The van der Waals surface area contributed by atoms with Gasteiger partial charge in [0.05, 0.1) is 46.0 Å². The van der Waals surface area contributed by atoms with E-state index < -0.39 is 82.8 Å². The fourth-order valence-electron chi connectivity index (χ4n) is 5.20. The molecule has 0 amide bonds. The van der Waals surface area contributed by atoms with Gasteiger partial charge in [0.1, 0.15) is 0 Å². The van der Waals surface area contributed by atoms with Gasteiger partial charge in [-0.2, -0.15) is 25.9 Å². The fourth-order valence-corrected chi connectivity index (χ4v) is 10.8. The molecule has 2 rings (SSSR count). The number of esters is 2. The zero-order chi connectivity index (χ0) is 37.3. The highest BCUT2D eigenvalue weighted by molar-refractivity contribution is 7.89. The Labute approximate surface area is 286 Å². The van der Waals surface area contributed by atoms with E-state index in [2.05, 4.69) is 22.7 Å². The Morgan fingerprint density at radius 2 is 1.47 bits per heavy atom. The minimum atomic E-state index is -6.19. The molecule has 0 aliphatic rings. The lowest BCUT2D eigenvalue weighted by Crippen LogP contribution is -2.48. The second-order valence-corrected chi connectivity index (χ2v) is 19.7. The maximum atomic E-state index is 14.0. The summed E-state index contributed by atoms with van der Waals surface area (Å²) in [6.07, 6.45) is 5.69. The highest BCUT2D eigenvalue weighted by atomic mass is 32.2. The number of carbonyl (C=O) groups is 2. The van der Waals surface area contributed by atoms with Crippen molar-refractivity contribution in [3.63, 3.8) is 0 Å². The maximum absolute atomic E-state index is 14.0. The number of ether oxygens (including phenoxy) is 2. The molecular weight excluding hydrogens is 706 g/mol. The van der Waals surface area contributed by atoms with E-state index in [1.807, 2.05) is 20.8 Å². The summed E-state index contributed by atoms with van der Waals surface area (Å²) in [4.78, 5) is 29.2. The standard InChI is InChI=1S/C32H39F3N2O9S2Si/c1-8-19-31(29(38)44-6,30(39)45-7)20-12-13-22-37(47(40,41)25-16-14-24(5)15-17-25)23-26-28(46-48(42,43)32(33,34)35)27(18-21-36-26)49(9-2,10-3)11-4/h1,14-18,21H,9-11,19-20,22-23H2,2-7H3. The lowest BCUT2D eigenvalue weighted by molar-refractivity contribution is -0.168. The zero-order valence-corrected chi connectivity index (χ0v) is 30.6. The van der Waals surface area contributed by atoms with Gasteiger partial charge in [-0.1, -0.05) is 62.5 Å². The molecule has 1 heterocycles. The minimum Gasteiger partial charge on any atom is -0.468 e. The highest BCUT2D eigenvalue weighted by Gasteiger charge is 2.50. The first kappa shape index (κ1) is 41.3. The first-order chi connectivity index (χ1) is 22.9. The molecule has 0 N–H and O–H groups in total. The Bertz CT molecular complexity index is 1800. The van der Waals surface area contributed by atoms with Gasteiger partial charge in [0.25, 0.3) is 0 Å². The smallest absolute Gasteiger partial charge is 0.468 e. The number of alkyl halides is 3. The van der Waals surface area contributed by atoms with Crippen LogP contribution < -0.4 is 9.37 Å². The maximum Gasteiger partial charge on any atom is 0.534 e. The molecule has 0 saturated carbocycles. The van der Waals surface area contributed by atoms with Crippen molar-refractivity contribution in [2.45, 2.75) is 75.6 Å². The molecule has 11 nitrogen and oxygen atoms in total. The van der Waals surface area contributed by atoms with Gasteiger partial charge < -0.3 is 13.7 Å². The van der Waals surface area contributed by atoms with Gasteiger partial charge in [0, 0.05) is 19.0 Å². The van der Waals surface area contributed by atoms with E-state index in [0.717, 1.165) is 24.1 Å². The first-order valence-corrected chi connectivity index (χ1v) is 20.4. The number of methoxy groups -OCH3 is 2. The van der Waals surface area contributed by atoms with E-state index in [-0.39, 0.29) is 15.8 Å². The van der Waals surface area contributed by atoms with Crippen LogP contribution in [0.25, 0.3) is 0 Å². The van der Waals surface area contributed by atoms with Gasteiger partial charge >= 0.3 is 27.6 Å². The molecule has 0 aliphatic heterocycles. The van der Waals surface area contributed by atoms with Gasteiger partial charge in [-0.05, 0) is 30.3 Å². The molecular formula is C32H39F3N2O9S2Si. The van der Waals surface area contributed by atoms with Crippen molar-refractivity contribution in [2.24, 2.45) is 5.41 Å².